The molecule has 6 heteroatoms. The molecular formula is C16H22N2O4. The molecule has 0 heterocycles. The van der Waals surface area contributed by atoms with Gasteiger partial charge in [-0.25, -0.2) is 9.59 Å². The predicted molar refractivity (Wildman–Crippen MR) is 81.5 cm³/mol. The highest BCUT2D eigenvalue weighted by Gasteiger charge is 2.22. The lowest BCUT2D eigenvalue weighted by Gasteiger charge is -2.28. The average molecular weight is 306 g/mol. The fraction of sp³-hybridized carbons (Fsp3) is 0.500. The van der Waals surface area contributed by atoms with Gasteiger partial charge in [0.2, 0.25) is 0 Å². The fourth-order valence-corrected chi connectivity index (χ4v) is 2.69. The van der Waals surface area contributed by atoms with E-state index < -0.39 is 12.2 Å². The maximum Gasteiger partial charge on any atom is 0.407 e. The van der Waals surface area contributed by atoms with Gasteiger partial charge < -0.3 is 20.5 Å². The van der Waals surface area contributed by atoms with Crippen molar-refractivity contribution in [3.8, 4) is 0 Å². The minimum Gasteiger partial charge on any atom is -0.465 e. The van der Waals surface area contributed by atoms with Gasteiger partial charge in [-0.1, -0.05) is 30.3 Å². The molecule has 6 nitrogen and oxygen atoms in total. The molecular weight excluding hydrogens is 284 g/mol. The Bertz CT molecular complexity index is 484. The van der Waals surface area contributed by atoms with Crippen LogP contribution < -0.4 is 10.6 Å². The van der Waals surface area contributed by atoms with Gasteiger partial charge in [-0.15, -0.1) is 0 Å². The van der Waals surface area contributed by atoms with E-state index in [1.165, 1.54) is 0 Å². The van der Waals surface area contributed by atoms with Crippen molar-refractivity contribution in [3.05, 3.63) is 35.9 Å². The number of nitrogens with one attached hydrogen (secondary N) is 2. The van der Waals surface area contributed by atoms with Gasteiger partial charge in [0.1, 0.15) is 6.61 Å². The quantitative estimate of drug-likeness (QED) is 0.780. The van der Waals surface area contributed by atoms with Crippen molar-refractivity contribution in [3.63, 3.8) is 0 Å². The minimum absolute atomic E-state index is 0.0405. The molecule has 0 unspecified atom stereocenters. The van der Waals surface area contributed by atoms with Crippen LogP contribution in [0.5, 0.6) is 0 Å². The normalized spacial score (nSPS) is 20.9. The Kier molecular flexibility index (Phi) is 6.06. The van der Waals surface area contributed by atoms with E-state index in [1.54, 1.807) is 0 Å². The molecule has 1 aliphatic rings. The SMILES string of the molecule is O=C(O)NC1CCC(CNC(=O)OCc2ccccc2)CC1. The third-order valence-electron chi connectivity index (χ3n) is 3.92. The van der Waals surface area contributed by atoms with E-state index in [-0.39, 0.29) is 12.6 Å². The number of ether oxygens (including phenoxy) is 1. The number of amides is 2. The van der Waals surface area contributed by atoms with E-state index in [9.17, 15) is 9.59 Å². The van der Waals surface area contributed by atoms with Gasteiger partial charge in [-0.3, -0.25) is 0 Å². The predicted octanol–water partition coefficient (Wildman–Crippen LogP) is 2.74. The molecule has 1 fully saturated rings. The summed E-state index contributed by atoms with van der Waals surface area (Å²) in [6.07, 6.45) is 2.07. The van der Waals surface area contributed by atoms with Gasteiger partial charge in [0.25, 0.3) is 0 Å². The van der Waals surface area contributed by atoms with Gasteiger partial charge in [-0.2, -0.15) is 0 Å². The summed E-state index contributed by atoms with van der Waals surface area (Å²) < 4.78 is 5.15. The van der Waals surface area contributed by atoms with Crippen molar-refractivity contribution in [2.24, 2.45) is 5.92 Å². The largest absolute Gasteiger partial charge is 0.465 e. The topological polar surface area (TPSA) is 87.7 Å². The van der Waals surface area contributed by atoms with Crippen LogP contribution in [0.2, 0.25) is 0 Å². The summed E-state index contributed by atoms with van der Waals surface area (Å²) in [7, 11) is 0. The smallest absolute Gasteiger partial charge is 0.407 e. The van der Waals surface area contributed by atoms with Gasteiger partial charge in [0.15, 0.2) is 0 Å². The second-order valence-electron chi connectivity index (χ2n) is 5.61. The number of carbonyl (C=O) groups is 2. The molecule has 1 aromatic carbocycles. The number of benzene rings is 1. The summed E-state index contributed by atoms with van der Waals surface area (Å²) >= 11 is 0. The van der Waals surface area contributed by atoms with Gasteiger partial charge in [0, 0.05) is 12.6 Å². The zero-order chi connectivity index (χ0) is 15.8. The van der Waals surface area contributed by atoms with Crippen LogP contribution in [-0.4, -0.2) is 29.9 Å². The fourth-order valence-electron chi connectivity index (χ4n) is 2.69. The Labute approximate surface area is 129 Å². The maximum atomic E-state index is 11.6. The van der Waals surface area contributed by atoms with Crippen molar-refractivity contribution in [2.75, 3.05) is 6.54 Å². The zero-order valence-corrected chi connectivity index (χ0v) is 12.5. The lowest BCUT2D eigenvalue weighted by atomic mass is 9.86. The highest BCUT2D eigenvalue weighted by molar-refractivity contribution is 5.67. The molecule has 0 spiro atoms. The molecule has 2 rings (SSSR count). The lowest BCUT2D eigenvalue weighted by Crippen LogP contribution is -2.39. The van der Waals surface area contributed by atoms with Crippen molar-refractivity contribution in [1.29, 1.82) is 0 Å². The molecule has 22 heavy (non-hydrogen) atoms. The first-order chi connectivity index (χ1) is 10.6. The molecule has 2 amide bonds. The second-order valence-corrected chi connectivity index (χ2v) is 5.61. The van der Waals surface area contributed by atoms with Crippen LogP contribution in [0.15, 0.2) is 30.3 Å². The van der Waals surface area contributed by atoms with E-state index in [0.29, 0.717) is 12.5 Å². The molecule has 3 N–H and O–H groups in total. The van der Waals surface area contributed by atoms with Crippen molar-refractivity contribution < 1.29 is 19.4 Å². The number of hydrogen-bond donors (Lipinski definition) is 3. The van der Waals surface area contributed by atoms with Crippen LogP contribution in [0.25, 0.3) is 0 Å². The van der Waals surface area contributed by atoms with E-state index in [2.05, 4.69) is 10.6 Å². The summed E-state index contributed by atoms with van der Waals surface area (Å²) in [5.74, 6) is 0.385. The number of carboxylic acid groups (broad SMARTS) is 1. The summed E-state index contributed by atoms with van der Waals surface area (Å²) in [5, 5.41) is 14.0. The standard InChI is InChI=1S/C16H22N2O4/c19-15(20)18-14-8-6-12(7-9-14)10-17-16(21)22-11-13-4-2-1-3-5-13/h1-5,12,14,18H,6-11H2,(H,17,21)(H,19,20). The first-order valence-corrected chi connectivity index (χ1v) is 7.57. The summed E-state index contributed by atoms with van der Waals surface area (Å²) in [4.78, 5) is 22.2. The van der Waals surface area contributed by atoms with Crippen LogP contribution in [0.1, 0.15) is 31.2 Å². The molecule has 0 bridgehead atoms. The Hall–Kier alpha value is -2.24. The molecule has 1 saturated carbocycles. The molecule has 120 valence electrons. The highest BCUT2D eigenvalue weighted by Crippen LogP contribution is 2.23. The molecule has 0 aliphatic heterocycles. The monoisotopic (exact) mass is 306 g/mol. The van der Waals surface area contributed by atoms with E-state index >= 15 is 0 Å². The average Bonchev–Trinajstić information content (AvgIpc) is 2.53. The van der Waals surface area contributed by atoms with Crippen LogP contribution in [-0.2, 0) is 11.3 Å². The summed E-state index contributed by atoms with van der Waals surface area (Å²) in [5.41, 5.74) is 0.956. The second kappa shape index (κ2) is 8.26. The van der Waals surface area contributed by atoms with E-state index in [4.69, 9.17) is 9.84 Å². The van der Waals surface area contributed by atoms with Crippen molar-refractivity contribution in [2.45, 2.75) is 38.3 Å². The van der Waals surface area contributed by atoms with Crippen molar-refractivity contribution in [1.82, 2.24) is 10.6 Å². The number of rotatable bonds is 5. The van der Waals surface area contributed by atoms with Gasteiger partial charge in [-0.05, 0) is 37.2 Å². The molecule has 0 aromatic heterocycles. The third-order valence-corrected chi connectivity index (χ3v) is 3.92. The van der Waals surface area contributed by atoms with Gasteiger partial charge >= 0.3 is 12.2 Å². The molecule has 1 aromatic rings. The molecule has 1 aliphatic carbocycles. The van der Waals surface area contributed by atoms with E-state index in [0.717, 1.165) is 31.2 Å². The Balaban J connectivity index is 1.60. The van der Waals surface area contributed by atoms with Crippen LogP contribution in [0.3, 0.4) is 0 Å². The summed E-state index contributed by atoms with van der Waals surface area (Å²) in [6, 6.07) is 9.58. The van der Waals surface area contributed by atoms with Crippen molar-refractivity contribution >= 4 is 12.2 Å². The highest BCUT2D eigenvalue weighted by atomic mass is 16.5. The van der Waals surface area contributed by atoms with Crippen LogP contribution in [0, 0.1) is 5.92 Å². The number of carbonyl (C=O) groups excluding carboxylic acids is 1. The molecule has 0 atom stereocenters. The van der Waals surface area contributed by atoms with Gasteiger partial charge in [0.05, 0.1) is 0 Å². The third kappa shape index (κ3) is 5.63. The zero-order valence-electron chi connectivity index (χ0n) is 12.5. The molecule has 0 radical (unpaired) electrons. The Morgan fingerprint density at radius 2 is 1.82 bits per heavy atom. The minimum atomic E-state index is -0.967. The van der Waals surface area contributed by atoms with E-state index in [1.807, 2.05) is 30.3 Å². The molecule has 0 saturated heterocycles. The number of alkyl carbamates (subject to hydrolysis) is 1. The van der Waals surface area contributed by atoms with Crippen LogP contribution >= 0.6 is 0 Å². The Morgan fingerprint density at radius 3 is 2.45 bits per heavy atom. The summed E-state index contributed by atoms with van der Waals surface area (Å²) in [6.45, 7) is 0.843. The van der Waals surface area contributed by atoms with Crippen LogP contribution in [0.4, 0.5) is 9.59 Å². The lowest BCUT2D eigenvalue weighted by molar-refractivity contribution is 0.136. The number of hydrogen-bond acceptors (Lipinski definition) is 3. The first-order valence-electron chi connectivity index (χ1n) is 7.57. The Morgan fingerprint density at radius 1 is 1.14 bits per heavy atom. The first kappa shape index (κ1) is 16.1. The maximum absolute atomic E-state index is 11.6.